The SMILES string of the molecule is CC(C)C[C@H](N)C(=O)N[C@@H](CCCN=C(N)N)C(=O)N[C@@H](CCC(=O)O)C(=O)N[C@@H](C)C(=O)O. The van der Waals surface area contributed by atoms with Crippen molar-refractivity contribution >= 4 is 35.6 Å². The molecule has 0 rings (SSSR count). The lowest BCUT2D eigenvalue weighted by molar-refractivity contribution is -0.142. The van der Waals surface area contributed by atoms with Gasteiger partial charge in [0.25, 0.3) is 0 Å². The second-order valence-electron chi connectivity index (χ2n) is 8.31. The van der Waals surface area contributed by atoms with Crippen LogP contribution in [0, 0.1) is 5.92 Å². The van der Waals surface area contributed by atoms with Gasteiger partial charge in [0.2, 0.25) is 17.7 Å². The minimum atomic E-state index is -1.34. The summed E-state index contributed by atoms with van der Waals surface area (Å²) >= 11 is 0. The molecule has 4 atom stereocenters. The Morgan fingerprint density at radius 3 is 1.88 bits per heavy atom. The number of nitrogens with zero attached hydrogens (tertiary/aromatic N) is 1. The van der Waals surface area contributed by atoms with E-state index in [9.17, 15) is 24.0 Å². The molecule has 0 saturated carbocycles. The molecule has 194 valence electrons. The van der Waals surface area contributed by atoms with Crippen molar-refractivity contribution in [2.24, 2.45) is 28.1 Å². The van der Waals surface area contributed by atoms with Crippen molar-refractivity contribution in [1.29, 1.82) is 0 Å². The lowest BCUT2D eigenvalue weighted by Crippen LogP contribution is -2.57. The predicted octanol–water partition coefficient (Wildman–Crippen LogP) is -2.16. The first-order chi connectivity index (χ1) is 15.7. The largest absolute Gasteiger partial charge is 0.481 e. The number of hydrogen-bond donors (Lipinski definition) is 8. The average Bonchev–Trinajstić information content (AvgIpc) is 2.71. The molecule has 0 aromatic rings. The second-order valence-corrected chi connectivity index (χ2v) is 8.31. The zero-order chi connectivity index (χ0) is 26.4. The fourth-order valence-electron chi connectivity index (χ4n) is 2.85. The van der Waals surface area contributed by atoms with Gasteiger partial charge in [0.1, 0.15) is 18.1 Å². The second kappa shape index (κ2) is 15.4. The van der Waals surface area contributed by atoms with Crippen molar-refractivity contribution in [3.8, 4) is 0 Å². The molecule has 0 unspecified atom stereocenters. The Kier molecular flexibility index (Phi) is 13.9. The number of nitrogens with one attached hydrogen (secondary N) is 3. The number of carbonyl (C=O) groups excluding carboxylic acids is 3. The Labute approximate surface area is 198 Å². The number of rotatable bonds is 16. The molecule has 0 spiro atoms. The number of aliphatic carboxylic acids is 2. The molecule has 0 aliphatic heterocycles. The molecular formula is C20H37N7O7. The Balaban J connectivity index is 5.51. The molecule has 0 aromatic carbocycles. The number of guanidine groups is 1. The van der Waals surface area contributed by atoms with Gasteiger partial charge < -0.3 is 43.4 Å². The normalized spacial score (nSPS) is 14.3. The van der Waals surface area contributed by atoms with Gasteiger partial charge in [0.05, 0.1) is 6.04 Å². The maximum Gasteiger partial charge on any atom is 0.325 e. The first-order valence-corrected chi connectivity index (χ1v) is 10.9. The van der Waals surface area contributed by atoms with Crippen LogP contribution < -0.4 is 33.2 Å². The van der Waals surface area contributed by atoms with Gasteiger partial charge in [-0.15, -0.1) is 0 Å². The molecule has 14 heteroatoms. The number of nitrogens with two attached hydrogens (primary N) is 3. The van der Waals surface area contributed by atoms with E-state index in [0.29, 0.717) is 12.8 Å². The molecule has 14 nitrogen and oxygen atoms in total. The van der Waals surface area contributed by atoms with Crippen LogP contribution in [0.5, 0.6) is 0 Å². The van der Waals surface area contributed by atoms with Gasteiger partial charge in [0, 0.05) is 13.0 Å². The monoisotopic (exact) mass is 487 g/mol. The molecule has 0 aliphatic carbocycles. The quantitative estimate of drug-likeness (QED) is 0.0664. The maximum atomic E-state index is 12.9. The van der Waals surface area contributed by atoms with Crippen LogP contribution >= 0.6 is 0 Å². The Morgan fingerprint density at radius 1 is 0.853 bits per heavy atom. The highest BCUT2D eigenvalue weighted by atomic mass is 16.4. The summed E-state index contributed by atoms with van der Waals surface area (Å²) < 4.78 is 0. The van der Waals surface area contributed by atoms with Crippen molar-refractivity contribution in [3.05, 3.63) is 0 Å². The topological polar surface area (TPSA) is 252 Å². The van der Waals surface area contributed by atoms with E-state index in [1.807, 2.05) is 13.8 Å². The Morgan fingerprint density at radius 2 is 1.38 bits per heavy atom. The van der Waals surface area contributed by atoms with E-state index < -0.39 is 60.2 Å². The first kappa shape index (κ1) is 30.6. The number of carboxylic acid groups (broad SMARTS) is 2. The summed E-state index contributed by atoms with van der Waals surface area (Å²) in [6.45, 7) is 5.17. The van der Waals surface area contributed by atoms with E-state index in [4.69, 9.17) is 27.4 Å². The van der Waals surface area contributed by atoms with Gasteiger partial charge in [-0.3, -0.25) is 29.0 Å². The lowest BCUT2D eigenvalue weighted by Gasteiger charge is -2.25. The summed E-state index contributed by atoms with van der Waals surface area (Å²) in [6.07, 6.45) is 0.0333. The minimum Gasteiger partial charge on any atom is -0.481 e. The van der Waals surface area contributed by atoms with Crippen LogP contribution in [-0.4, -0.2) is 76.5 Å². The van der Waals surface area contributed by atoms with Gasteiger partial charge in [-0.05, 0) is 38.5 Å². The van der Waals surface area contributed by atoms with Crippen molar-refractivity contribution < 1.29 is 34.2 Å². The molecule has 0 aromatic heterocycles. The summed E-state index contributed by atoms with van der Waals surface area (Å²) in [4.78, 5) is 63.7. The van der Waals surface area contributed by atoms with Crippen molar-refractivity contribution in [1.82, 2.24) is 16.0 Å². The van der Waals surface area contributed by atoms with Crippen LogP contribution in [0.25, 0.3) is 0 Å². The fourth-order valence-corrected chi connectivity index (χ4v) is 2.85. The third-order valence-electron chi connectivity index (χ3n) is 4.65. The van der Waals surface area contributed by atoms with Crippen molar-refractivity contribution in [2.75, 3.05) is 6.54 Å². The van der Waals surface area contributed by atoms with E-state index in [1.165, 1.54) is 6.92 Å². The molecule has 11 N–H and O–H groups in total. The molecule has 3 amide bonds. The molecule has 0 aliphatic rings. The molecular weight excluding hydrogens is 450 g/mol. The van der Waals surface area contributed by atoms with Crippen molar-refractivity contribution in [2.45, 2.75) is 77.0 Å². The summed E-state index contributed by atoms with van der Waals surface area (Å²) in [7, 11) is 0. The molecule has 0 heterocycles. The van der Waals surface area contributed by atoms with Gasteiger partial charge in [-0.2, -0.15) is 0 Å². The molecule has 0 bridgehead atoms. The van der Waals surface area contributed by atoms with Crippen LogP contribution in [-0.2, 0) is 24.0 Å². The zero-order valence-electron chi connectivity index (χ0n) is 19.7. The summed E-state index contributed by atoms with van der Waals surface area (Å²) in [6, 6.07) is -4.58. The average molecular weight is 488 g/mol. The molecule has 0 saturated heterocycles. The van der Waals surface area contributed by atoms with E-state index in [2.05, 4.69) is 20.9 Å². The fraction of sp³-hybridized carbons (Fsp3) is 0.700. The van der Waals surface area contributed by atoms with Gasteiger partial charge in [-0.1, -0.05) is 13.8 Å². The van der Waals surface area contributed by atoms with E-state index >= 15 is 0 Å². The van der Waals surface area contributed by atoms with Crippen LogP contribution in [0.15, 0.2) is 4.99 Å². The number of hydrogen-bond acceptors (Lipinski definition) is 7. The Bertz CT molecular complexity index is 754. The highest BCUT2D eigenvalue weighted by Gasteiger charge is 2.29. The van der Waals surface area contributed by atoms with Crippen LogP contribution in [0.1, 0.15) is 52.9 Å². The first-order valence-electron chi connectivity index (χ1n) is 10.9. The number of aliphatic imine (C=N–C) groups is 1. The smallest absolute Gasteiger partial charge is 0.325 e. The summed E-state index contributed by atoms with van der Waals surface area (Å²) in [5.41, 5.74) is 16.5. The van der Waals surface area contributed by atoms with E-state index in [-0.39, 0.29) is 31.3 Å². The highest BCUT2D eigenvalue weighted by molar-refractivity contribution is 5.94. The van der Waals surface area contributed by atoms with Crippen LogP contribution in [0.2, 0.25) is 0 Å². The van der Waals surface area contributed by atoms with Crippen LogP contribution in [0.3, 0.4) is 0 Å². The van der Waals surface area contributed by atoms with Gasteiger partial charge in [0.15, 0.2) is 5.96 Å². The van der Waals surface area contributed by atoms with Gasteiger partial charge in [-0.25, -0.2) is 0 Å². The van der Waals surface area contributed by atoms with Crippen molar-refractivity contribution in [3.63, 3.8) is 0 Å². The van der Waals surface area contributed by atoms with Gasteiger partial charge >= 0.3 is 11.9 Å². The highest BCUT2D eigenvalue weighted by Crippen LogP contribution is 2.07. The van der Waals surface area contributed by atoms with E-state index in [1.54, 1.807) is 0 Å². The van der Waals surface area contributed by atoms with Crippen LogP contribution in [0.4, 0.5) is 0 Å². The summed E-state index contributed by atoms with van der Waals surface area (Å²) in [5.74, 6) is -4.71. The summed E-state index contributed by atoms with van der Waals surface area (Å²) in [5, 5.41) is 25.1. The Hall–Kier alpha value is -3.42. The predicted molar refractivity (Wildman–Crippen MR) is 123 cm³/mol. The molecule has 0 radical (unpaired) electrons. The molecule has 0 fully saturated rings. The molecule has 34 heavy (non-hydrogen) atoms. The third-order valence-corrected chi connectivity index (χ3v) is 4.65. The number of amides is 3. The number of carbonyl (C=O) groups is 5. The number of carboxylic acids is 2. The van der Waals surface area contributed by atoms with E-state index in [0.717, 1.165) is 0 Å². The lowest BCUT2D eigenvalue weighted by atomic mass is 10.0. The minimum absolute atomic E-state index is 0.0988. The third kappa shape index (κ3) is 13.2. The zero-order valence-corrected chi connectivity index (χ0v) is 19.7. The standard InChI is InChI=1S/C20H37N7O7/c1-10(2)9-12(21)16(30)26-13(5-4-8-24-20(22)23)18(32)27-14(6-7-15(28)29)17(31)25-11(3)19(33)34/h10-14H,4-9,21H2,1-3H3,(H,25,31)(H,26,30)(H,27,32)(H,28,29)(H,33,34)(H4,22,23,24)/t11-,12-,13-,14-/m0/s1. The maximum absolute atomic E-state index is 12.9.